The number of amides is 1. The summed E-state index contributed by atoms with van der Waals surface area (Å²) in [5, 5.41) is 6.84. The minimum absolute atomic E-state index is 0.0140. The Morgan fingerprint density at radius 3 is 2.48 bits per heavy atom. The first kappa shape index (κ1) is 23.8. The van der Waals surface area contributed by atoms with Crippen molar-refractivity contribution in [1.82, 2.24) is 14.5 Å². The molecule has 2 aliphatic rings. The number of carbonyl (C=O) groups excluding carboxylic acids is 1. The van der Waals surface area contributed by atoms with Crippen molar-refractivity contribution in [2.45, 2.75) is 91.1 Å². The number of ether oxygens (including phenoxy) is 2. The number of anilines is 1. The lowest BCUT2D eigenvalue weighted by molar-refractivity contribution is -0.150. The van der Waals surface area contributed by atoms with Gasteiger partial charge in [0.15, 0.2) is 11.5 Å². The first-order chi connectivity index (χ1) is 15.5. The topological polar surface area (TPSA) is 101 Å². The predicted molar refractivity (Wildman–Crippen MR) is 124 cm³/mol. The van der Waals surface area contributed by atoms with Crippen molar-refractivity contribution >= 4 is 11.6 Å². The fourth-order valence-corrected chi connectivity index (χ4v) is 4.75. The van der Waals surface area contributed by atoms with Crippen molar-refractivity contribution in [2.24, 2.45) is 12.5 Å². The maximum atomic E-state index is 13.1. The van der Waals surface area contributed by atoms with E-state index in [-0.39, 0.29) is 41.0 Å². The van der Waals surface area contributed by atoms with E-state index in [2.05, 4.69) is 31.2 Å². The van der Waals surface area contributed by atoms with Crippen LogP contribution in [0.3, 0.4) is 0 Å². The zero-order valence-corrected chi connectivity index (χ0v) is 20.7. The molecule has 9 nitrogen and oxygen atoms in total. The SMILES string of the molecule is CO[C@H]1C[C@@H](c2onc(C(=O)Nc3c(C)n(C)n(C4CCC4)c3=O)c2C)O[C@@H](C(C)(C)C)C1. The highest BCUT2D eigenvalue weighted by Gasteiger charge is 2.39. The van der Waals surface area contributed by atoms with Crippen molar-refractivity contribution < 1.29 is 18.8 Å². The number of aromatic nitrogens is 3. The molecule has 3 heterocycles. The third-order valence-corrected chi connectivity index (χ3v) is 7.30. The molecule has 0 radical (unpaired) electrons. The third-order valence-electron chi connectivity index (χ3n) is 7.30. The van der Waals surface area contributed by atoms with Gasteiger partial charge >= 0.3 is 0 Å². The van der Waals surface area contributed by atoms with Crippen LogP contribution in [0.15, 0.2) is 9.32 Å². The predicted octanol–water partition coefficient (Wildman–Crippen LogP) is 4.05. The van der Waals surface area contributed by atoms with Crippen LogP contribution in [0.1, 0.15) is 92.5 Å². The Hall–Kier alpha value is -2.39. The molecule has 2 fully saturated rings. The van der Waals surface area contributed by atoms with Gasteiger partial charge in [-0.3, -0.25) is 14.3 Å². The van der Waals surface area contributed by atoms with Crippen molar-refractivity contribution in [3.63, 3.8) is 0 Å². The summed E-state index contributed by atoms with van der Waals surface area (Å²) in [5.41, 5.74) is 1.55. The molecule has 9 heteroatoms. The van der Waals surface area contributed by atoms with E-state index in [1.165, 1.54) is 0 Å². The van der Waals surface area contributed by atoms with Gasteiger partial charge in [-0.25, -0.2) is 4.68 Å². The maximum Gasteiger partial charge on any atom is 0.291 e. The van der Waals surface area contributed by atoms with Crippen molar-refractivity contribution in [3.8, 4) is 0 Å². The highest BCUT2D eigenvalue weighted by Crippen LogP contribution is 2.40. The summed E-state index contributed by atoms with van der Waals surface area (Å²) in [6.45, 7) is 10.0. The molecular weight excluding hydrogens is 424 g/mol. The Labute approximate surface area is 194 Å². The summed E-state index contributed by atoms with van der Waals surface area (Å²) in [5.74, 6) is 0.0772. The number of nitrogens with zero attached hydrogens (tertiary/aromatic N) is 3. The lowest BCUT2D eigenvalue weighted by Gasteiger charge is -2.40. The van der Waals surface area contributed by atoms with Crippen LogP contribution in [-0.2, 0) is 16.5 Å². The number of methoxy groups -OCH3 is 1. The van der Waals surface area contributed by atoms with Crippen molar-refractivity contribution in [2.75, 3.05) is 12.4 Å². The smallest absolute Gasteiger partial charge is 0.291 e. The molecule has 0 spiro atoms. The highest BCUT2D eigenvalue weighted by atomic mass is 16.5. The standard InChI is InChI=1S/C24H36N4O5/c1-13-19(22(29)25-20-14(2)27(6)28(23(20)30)15-9-8-10-15)26-33-21(13)17-11-16(31-7)12-18(32-17)24(3,4)5/h15-18H,8-12H2,1-7H3,(H,25,29)/t16-,17-,18+/m0/s1. The van der Waals surface area contributed by atoms with Gasteiger partial charge in [-0.2, -0.15) is 0 Å². The normalized spacial score (nSPS) is 24.0. The molecule has 4 rings (SSSR count). The summed E-state index contributed by atoms with van der Waals surface area (Å²) in [7, 11) is 3.56. The Kier molecular flexibility index (Phi) is 6.30. The Morgan fingerprint density at radius 2 is 1.91 bits per heavy atom. The van der Waals surface area contributed by atoms with Crippen LogP contribution in [0.4, 0.5) is 5.69 Å². The van der Waals surface area contributed by atoms with E-state index in [4.69, 9.17) is 14.0 Å². The molecule has 3 atom stereocenters. The Bertz CT molecular complexity index is 1090. The Morgan fingerprint density at radius 1 is 1.21 bits per heavy atom. The zero-order valence-electron chi connectivity index (χ0n) is 20.7. The van der Waals surface area contributed by atoms with Gasteiger partial charge in [0.05, 0.1) is 23.9 Å². The van der Waals surface area contributed by atoms with Crippen LogP contribution in [-0.4, -0.2) is 39.7 Å². The number of rotatable bonds is 5. The van der Waals surface area contributed by atoms with Crippen molar-refractivity contribution in [3.05, 3.63) is 33.1 Å². The average Bonchev–Trinajstić information content (AvgIpc) is 3.20. The summed E-state index contributed by atoms with van der Waals surface area (Å²) < 4.78 is 21.2. The fourth-order valence-electron chi connectivity index (χ4n) is 4.75. The van der Waals surface area contributed by atoms with E-state index in [9.17, 15) is 9.59 Å². The summed E-state index contributed by atoms with van der Waals surface area (Å²) in [6.07, 6.45) is 4.18. The van der Waals surface area contributed by atoms with E-state index in [1.54, 1.807) is 18.7 Å². The van der Waals surface area contributed by atoms with Gasteiger partial charge < -0.3 is 19.3 Å². The van der Waals surface area contributed by atoms with E-state index in [0.29, 0.717) is 29.1 Å². The molecule has 1 saturated heterocycles. The summed E-state index contributed by atoms with van der Waals surface area (Å²) in [6, 6.07) is 0.195. The van der Waals surface area contributed by atoms with Gasteiger partial charge in [0, 0.05) is 32.6 Å². The number of hydrogen-bond acceptors (Lipinski definition) is 6. The monoisotopic (exact) mass is 460 g/mol. The van der Waals surface area contributed by atoms with Crippen LogP contribution in [0.5, 0.6) is 0 Å². The second-order valence-electron chi connectivity index (χ2n) is 10.5. The maximum absolute atomic E-state index is 13.1. The van der Waals surface area contributed by atoms with E-state index < -0.39 is 5.91 Å². The molecule has 1 amide bonds. The quantitative estimate of drug-likeness (QED) is 0.722. The van der Waals surface area contributed by atoms with Crippen LogP contribution >= 0.6 is 0 Å². The number of carbonyl (C=O) groups is 1. The molecule has 2 aromatic rings. The lowest BCUT2D eigenvalue weighted by atomic mass is 9.82. The van der Waals surface area contributed by atoms with E-state index in [1.807, 2.05) is 18.7 Å². The largest absolute Gasteiger partial charge is 0.381 e. The van der Waals surface area contributed by atoms with E-state index >= 15 is 0 Å². The number of nitrogens with one attached hydrogen (secondary N) is 1. The summed E-state index contributed by atoms with van der Waals surface area (Å²) in [4.78, 5) is 26.1. The van der Waals surface area contributed by atoms with E-state index in [0.717, 1.165) is 25.7 Å². The minimum atomic E-state index is -0.458. The molecule has 182 valence electrons. The molecule has 1 saturated carbocycles. The van der Waals surface area contributed by atoms with Gasteiger partial charge in [-0.15, -0.1) is 0 Å². The number of hydrogen-bond donors (Lipinski definition) is 1. The van der Waals surface area contributed by atoms with Crippen LogP contribution in [0.2, 0.25) is 0 Å². The van der Waals surface area contributed by atoms with Gasteiger partial charge in [0.25, 0.3) is 11.5 Å². The minimum Gasteiger partial charge on any atom is -0.381 e. The van der Waals surface area contributed by atoms with Gasteiger partial charge in [-0.05, 0) is 38.5 Å². The lowest BCUT2D eigenvalue weighted by Crippen LogP contribution is -2.40. The highest BCUT2D eigenvalue weighted by molar-refractivity contribution is 6.04. The first-order valence-electron chi connectivity index (χ1n) is 11.8. The first-order valence-corrected chi connectivity index (χ1v) is 11.8. The summed E-state index contributed by atoms with van der Waals surface area (Å²) >= 11 is 0. The van der Waals surface area contributed by atoms with Crippen LogP contribution < -0.4 is 10.9 Å². The molecule has 2 aromatic heterocycles. The molecule has 0 unspecified atom stereocenters. The third kappa shape index (κ3) is 4.28. The van der Waals surface area contributed by atoms with Gasteiger partial charge in [0.1, 0.15) is 11.8 Å². The second kappa shape index (κ2) is 8.76. The second-order valence-corrected chi connectivity index (χ2v) is 10.5. The van der Waals surface area contributed by atoms with Crippen LogP contribution in [0, 0.1) is 19.3 Å². The van der Waals surface area contributed by atoms with Gasteiger partial charge in [-0.1, -0.05) is 25.9 Å². The molecule has 1 N–H and O–H groups in total. The van der Waals surface area contributed by atoms with Crippen LogP contribution in [0.25, 0.3) is 0 Å². The molecule has 0 bridgehead atoms. The average molecular weight is 461 g/mol. The fraction of sp³-hybridized carbons (Fsp3) is 0.708. The molecule has 1 aliphatic heterocycles. The molecule has 1 aliphatic carbocycles. The molecule has 0 aromatic carbocycles. The molecule has 33 heavy (non-hydrogen) atoms. The molecular formula is C24H36N4O5. The zero-order chi connectivity index (χ0) is 24.1. The van der Waals surface area contributed by atoms with Gasteiger partial charge in [0.2, 0.25) is 0 Å². The van der Waals surface area contributed by atoms with Crippen molar-refractivity contribution in [1.29, 1.82) is 0 Å². The Balaban J connectivity index is 1.57.